The molecule has 0 aliphatic rings. The number of rotatable bonds is 9. The molecule has 15 heavy (non-hydrogen) atoms. The molecule has 0 aromatic heterocycles. The second-order valence-corrected chi connectivity index (χ2v) is 5.12. The molecule has 0 N–H and O–H groups in total. The van der Waals surface area contributed by atoms with Crippen LogP contribution in [0.4, 0.5) is 0 Å². The maximum Gasteiger partial charge on any atom is 0.000692 e. The lowest BCUT2D eigenvalue weighted by Gasteiger charge is -2.25. The first-order valence-electron chi connectivity index (χ1n) is 6.86. The fraction of sp³-hybridized carbons (Fsp3) is 1.00. The van der Waals surface area contributed by atoms with Gasteiger partial charge in [-0.15, -0.1) is 0 Å². The monoisotopic (exact) mass is 213 g/mol. The summed E-state index contributed by atoms with van der Waals surface area (Å²) in [5.74, 6) is 1.75. The molecule has 0 radical (unpaired) electrons. The van der Waals surface area contributed by atoms with E-state index in [-0.39, 0.29) is 0 Å². The molecule has 0 aromatic rings. The SMILES string of the molecule is CCCN(CCC(C)CC)CC(C)CC. The zero-order valence-corrected chi connectivity index (χ0v) is 11.6. The summed E-state index contributed by atoms with van der Waals surface area (Å²) in [4.78, 5) is 2.65. The number of hydrogen-bond donors (Lipinski definition) is 0. The zero-order chi connectivity index (χ0) is 11.7. The Labute approximate surface area is 97.2 Å². The zero-order valence-electron chi connectivity index (χ0n) is 11.6. The molecule has 0 spiro atoms. The van der Waals surface area contributed by atoms with Gasteiger partial charge in [0.15, 0.2) is 0 Å². The number of nitrogens with zero attached hydrogens (tertiary/aromatic N) is 1. The Morgan fingerprint density at radius 3 is 1.93 bits per heavy atom. The molecule has 0 aromatic carbocycles. The van der Waals surface area contributed by atoms with Gasteiger partial charge in [-0.2, -0.15) is 0 Å². The van der Waals surface area contributed by atoms with Gasteiger partial charge in [0.1, 0.15) is 0 Å². The smallest absolute Gasteiger partial charge is 0.000692 e. The summed E-state index contributed by atoms with van der Waals surface area (Å²) in [5.41, 5.74) is 0. The van der Waals surface area contributed by atoms with E-state index in [0.717, 1.165) is 11.8 Å². The molecular weight excluding hydrogens is 182 g/mol. The topological polar surface area (TPSA) is 3.24 Å². The van der Waals surface area contributed by atoms with Crippen LogP contribution in [0.3, 0.4) is 0 Å². The quantitative estimate of drug-likeness (QED) is 0.555. The molecule has 1 heteroatoms. The fourth-order valence-corrected chi connectivity index (χ4v) is 1.79. The lowest BCUT2D eigenvalue weighted by Crippen LogP contribution is -2.31. The molecule has 0 bridgehead atoms. The van der Waals surface area contributed by atoms with Crippen molar-refractivity contribution in [1.82, 2.24) is 4.90 Å². The summed E-state index contributed by atoms with van der Waals surface area (Å²) in [5, 5.41) is 0. The molecule has 0 heterocycles. The van der Waals surface area contributed by atoms with Crippen LogP contribution < -0.4 is 0 Å². The van der Waals surface area contributed by atoms with Crippen LogP contribution in [0.25, 0.3) is 0 Å². The standard InChI is InChI=1S/C14H31N/c1-6-10-15(12-14(5)8-3)11-9-13(4)7-2/h13-14H,6-12H2,1-5H3. The van der Waals surface area contributed by atoms with Crippen molar-refractivity contribution in [2.24, 2.45) is 11.8 Å². The van der Waals surface area contributed by atoms with Crippen LogP contribution in [0, 0.1) is 11.8 Å². The second kappa shape index (κ2) is 9.21. The van der Waals surface area contributed by atoms with E-state index in [2.05, 4.69) is 39.5 Å². The van der Waals surface area contributed by atoms with Crippen molar-refractivity contribution in [2.75, 3.05) is 19.6 Å². The lowest BCUT2D eigenvalue weighted by atomic mass is 10.0. The first-order valence-corrected chi connectivity index (χ1v) is 6.86. The Morgan fingerprint density at radius 2 is 1.47 bits per heavy atom. The molecule has 0 fully saturated rings. The Balaban J connectivity index is 3.81. The van der Waals surface area contributed by atoms with Crippen molar-refractivity contribution in [2.45, 2.75) is 60.3 Å². The average molecular weight is 213 g/mol. The highest BCUT2D eigenvalue weighted by molar-refractivity contribution is 4.63. The maximum absolute atomic E-state index is 2.65. The minimum Gasteiger partial charge on any atom is -0.303 e. The van der Waals surface area contributed by atoms with Crippen LogP contribution in [0.15, 0.2) is 0 Å². The summed E-state index contributed by atoms with van der Waals surface area (Å²) in [7, 11) is 0. The largest absolute Gasteiger partial charge is 0.303 e. The van der Waals surface area contributed by atoms with E-state index >= 15 is 0 Å². The third-order valence-corrected chi connectivity index (χ3v) is 3.44. The summed E-state index contributed by atoms with van der Waals surface area (Å²) in [6.07, 6.45) is 5.29. The van der Waals surface area contributed by atoms with Gasteiger partial charge in [0.25, 0.3) is 0 Å². The van der Waals surface area contributed by atoms with Crippen molar-refractivity contribution < 1.29 is 0 Å². The van der Waals surface area contributed by atoms with E-state index in [1.54, 1.807) is 0 Å². The highest BCUT2D eigenvalue weighted by Crippen LogP contribution is 2.10. The van der Waals surface area contributed by atoms with E-state index < -0.39 is 0 Å². The second-order valence-electron chi connectivity index (χ2n) is 5.12. The van der Waals surface area contributed by atoms with Gasteiger partial charge in [-0.05, 0) is 37.8 Å². The summed E-state index contributed by atoms with van der Waals surface area (Å²) >= 11 is 0. The Bertz CT molecular complexity index is 133. The Hall–Kier alpha value is -0.0400. The molecule has 0 aliphatic heterocycles. The van der Waals surface area contributed by atoms with E-state index in [1.807, 2.05) is 0 Å². The third-order valence-electron chi connectivity index (χ3n) is 3.44. The molecule has 2 unspecified atom stereocenters. The summed E-state index contributed by atoms with van der Waals surface area (Å²) in [6, 6.07) is 0. The molecule has 0 aliphatic carbocycles. The van der Waals surface area contributed by atoms with Crippen molar-refractivity contribution in [3.05, 3.63) is 0 Å². The van der Waals surface area contributed by atoms with Crippen LogP contribution >= 0.6 is 0 Å². The molecule has 0 saturated carbocycles. The van der Waals surface area contributed by atoms with Gasteiger partial charge in [-0.3, -0.25) is 0 Å². The van der Waals surface area contributed by atoms with E-state index in [4.69, 9.17) is 0 Å². The lowest BCUT2D eigenvalue weighted by molar-refractivity contribution is 0.220. The van der Waals surface area contributed by atoms with Gasteiger partial charge in [-0.25, -0.2) is 0 Å². The fourth-order valence-electron chi connectivity index (χ4n) is 1.79. The first-order chi connectivity index (χ1) is 7.13. The van der Waals surface area contributed by atoms with Crippen LogP contribution in [0.1, 0.15) is 60.3 Å². The van der Waals surface area contributed by atoms with Gasteiger partial charge in [0.2, 0.25) is 0 Å². The maximum atomic E-state index is 2.65. The Morgan fingerprint density at radius 1 is 0.867 bits per heavy atom. The molecule has 0 rings (SSSR count). The van der Waals surface area contributed by atoms with Gasteiger partial charge in [0, 0.05) is 6.54 Å². The third kappa shape index (κ3) is 7.84. The van der Waals surface area contributed by atoms with E-state index in [9.17, 15) is 0 Å². The summed E-state index contributed by atoms with van der Waals surface area (Å²) < 4.78 is 0. The highest BCUT2D eigenvalue weighted by atomic mass is 15.1. The van der Waals surface area contributed by atoms with Crippen molar-refractivity contribution in [1.29, 1.82) is 0 Å². The average Bonchev–Trinajstić information content (AvgIpc) is 2.25. The van der Waals surface area contributed by atoms with Crippen molar-refractivity contribution in [3.8, 4) is 0 Å². The van der Waals surface area contributed by atoms with Crippen molar-refractivity contribution >= 4 is 0 Å². The molecule has 92 valence electrons. The van der Waals surface area contributed by atoms with Gasteiger partial charge < -0.3 is 4.90 Å². The van der Waals surface area contributed by atoms with Crippen LogP contribution in [-0.4, -0.2) is 24.5 Å². The highest BCUT2D eigenvalue weighted by Gasteiger charge is 2.09. The molecular formula is C14H31N. The van der Waals surface area contributed by atoms with Gasteiger partial charge >= 0.3 is 0 Å². The van der Waals surface area contributed by atoms with E-state index in [0.29, 0.717) is 0 Å². The normalized spacial score (nSPS) is 15.6. The summed E-state index contributed by atoms with van der Waals surface area (Å²) in [6.45, 7) is 15.5. The predicted molar refractivity (Wildman–Crippen MR) is 70.3 cm³/mol. The first kappa shape index (κ1) is 15.0. The minimum absolute atomic E-state index is 0.855. The van der Waals surface area contributed by atoms with Crippen LogP contribution in [-0.2, 0) is 0 Å². The minimum atomic E-state index is 0.855. The van der Waals surface area contributed by atoms with Crippen LogP contribution in [0.2, 0.25) is 0 Å². The van der Waals surface area contributed by atoms with Crippen LogP contribution in [0.5, 0.6) is 0 Å². The van der Waals surface area contributed by atoms with Gasteiger partial charge in [0.05, 0.1) is 0 Å². The van der Waals surface area contributed by atoms with Gasteiger partial charge in [-0.1, -0.05) is 47.5 Å². The molecule has 1 nitrogen and oxygen atoms in total. The Kier molecular flexibility index (Phi) is 9.18. The molecule has 2 atom stereocenters. The van der Waals surface area contributed by atoms with E-state index in [1.165, 1.54) is 45.3 Å². The van der Waals surface area contributed by atoms with Crippen molar-refractivity contribution in [3.63, 3.8) is 0 Å². The number of hydrogen-bond acceptors (Lipinski definition) is 1. The molecule has 0 amide bonds. The predicted octanol–water partition coefficient (Wildman–Crippen LogP) is 4.18. The molecule has 0 saturated heterocycles.